The third kappa shape index (κ3) is 3.54. The van der Waals surface area contributed by atoms with Crippen LogP contribution >= 0.6 is 0 Å². The van der Waals surface area contributed by atoms with Crippen LogP contribution in [-0.4, -0.2) is 23.8 Å². The number of ketones is 1. The monoisotopic (exact) mass is 351 g/mol. The molecular formula is C20H17NO5. The van der Waals surface area contributed by atoms with Gasteiger partial charge in [-0.05, 0) is 11.5 Å². The lowest BCUT2D eigenvalue weighted by atomic mass is 10.0. The van der Waals surface area contributed by atoms with Crippen molar-refractivity contribution in [3.63, 3.8) is 0 Å². The Morgan fingerprint density at radius 3 is 2.31 bits per heavy atom. The van der Waals surface area contributed by atoms with Crippen molar-refractivity contribution in [2.75, 3.05) is 7.11 Å². The van der Waals surface area contributed by atoms with Crippen molar-refractivity contribution in [2.24, 2.45) is 11.8 Å². The minimum Gasteiger partial charge on any atom is -0.466 e. The fourth-order valence-electron chi connectivity index (χ4n) is 3.21. The molecule has 0 N–H and O–H groups in total. The first-order valence-electron chi connectivity index (χ1n) is 8.12. The van der Waals surface area contributed by atoms with E-state index in [0.717, 1.165) is 5.56 Å². The van der Waals surface area contributed by atoms with E-state index < -0.39 is 10.9 Å². The largest absolute Gasteiger partial charge is 0.466 e. The van der Waals surface area contributed by atoms with Crippen LogP contribution in [0.4, 0.5) is 5.69 Å². The molecule has 0 aromatic heterocycles. The number of benzene rings is 2. The number of methoxy groups -OCH3 is 1. The molecule has 0 spiro atoms. The maximum Gasteiger partial charge on any atom is 0.330 e. The fourth-order valence-corrected chi connectivity index (χ4v) is 3.21. The Labute approximate surface area is 150 Å². The zero-order valence-electron chi connectivity index (χ0n) is 14.1. The number of nitrogens with zero attached hydrogens (tertiary/aromatic N) is 1. The summed E-state index contributed by atoms with van der Waals surface area (Å²) in [5.74, 6) is -1.06. The molecule has 1 fully saturated rings. The summed E-state index contributed by atoms with van der Waals surface area (Å²) in [6, 6.07) is 15.2. The van der Waals surface area contributed by atoms with Gasteiger partial charge in [0.25, 0.3) is 5.69 Å². The molecule has 0 amide bonds. The first kappa shape index (κ1) is 17.5. The first-order chi connectivity index (χ1) is 12.5. The van der Waals surface area contributed by atoms with Crippen LogP contribution in [0.2, 0.25) is 0 Å². The van der Waals surface area contributed by atoms with Crippen molar-refractivity contribution in [3.8, 4) is 0 Å². The molecule has 1 saturated carbocycles. The molecule has 0 bridgehead atoms. The molecule has 0 aliphatic heterocycles. The van der Waals surface area contributed by atoms with Crippen molar-refractivity contribution >= 4 is 17.4 Å². The lowest BCUT2D eigenvalue weighted by Gasteiger charge is -2.01. The van der Waals surface area contributed by atoms with E-state index in [1.165, 1.54) is 25.3 Å². The van der Waals surface area contributed by atoms with Crippen LogP contribution in [0, 0.1) is 22.0 Å². The van der Waals surface area contributed by atoms with Gasteiger partial charge in [-0.1, -0.05) is 48.5 Å². The van der Waals surface area contributed by atoms with Gasteiger partial charge in [0, 0.05) is 35.6 Å². The first-order valence-corrected chi connectivity index (χ1v) is 8.12. The summed E-state index contributed by atoms with van der Waals surface area (Å²) in [6.07, 6.45) is 3.00. The minimum atomic E-state index is -0.481. The molecule has 6 heteroatoms. The maximum atomic E-state index is 12.8. The molecule has 0 heterocycles. The molecular weight excluding hydrogens is 334 g/mol. The van der Waals surface area contributed by atoms with Gasteiger partial charge < -0.3 is 4.74 Å². The number of hydrogen-bond acceptors (Lipinski definition) is 5. The van der Waals surface area contributed by atoms with Gasteiger partial charge in [0.05, 0.1) is 12.0 Å². The summed E-state index contributed by atoms with van der Waals surface area (Å²) in [5, 5.41) is 10.8. The number of ether oxygens (including phenoxy) is 1. The van der Waals surface area contributed by atoms with Crippen molar-refractivity contribution in [3.05, 3.63) is 88.0 Å². The number of hydrogen-bond donors (Lipinski definition) is 0. The normalized spacial score (nSPS) is 21.3. The molecule has 1 aliphatic rings. The van der Waals surface area contributed by atoms with Crippen LogP contribution in [0.25, 0.3) is 0 Å². The number of nitro groups is 1. The zero-order valence-corrected chi connectivity index (χ0v) is 14.1. The predicted octanol–water partition coefficient (Wildman–Crippen LogP) is 3.54. The predicted molar refractivity (Wildman–Crippen MR) is 94.7 cm³/mol. The molecule has 1 unspecified atom stereocenters. The van der Waals surface area contributed by atoms with Gasteiger partial charge in [0.2, 0.25) is 0 Å². The second-order valence-corrected chi connectivity index (χ2v) is 6.09. The van der Waals surface area contributed by atoms with Gasteiger partial charge in [-0.25, -0.2) is 4.79 Å². The van der Waals surface area contributed by atoms with E-state index in [9.17, 15) is 19.7 Å². The SMILES string of the molecule is COC(=O)/C=C/C1[C@H](C(=O)c2ccccc2)[C@H]1c1ccc([N+](=O)[O-])cc1. The van der Waals surface area contributed by atoms with Gasteiger partial charge in [-0.2, -0.15) is 0 Å². The topological polar surface area (TPSA) is 86.5 Å². The zero-order chi connectivity index (χ0) is 18.7. The lowest BCUT2D eigenvalue weighted by molar-refractivity contribution is -0.384. The number of non-ortho nitro benzene ring substituents is 1. The van der Waals surface area contributed by atoms with Crippen LogP contribution in [0.3, 0.4) is 0 Å². The molecule has 2 aromatic carbocycles. The summed E-state index contributed by atoms with van der Waals surface area (Å²) >= 11 is 0. The third-order valence-corrected chi connectivity index (χ3v) is 4.58. The Hall–Kier alpha value is -3.28. The number of nitro benzene ring substituents is 1. The van der Waals surface area contributed by atoms with Crippen LogP contribution in [0.1, 0.15) is 21.8 Å². The van der Waals surface area contributed by atoms with E-state index >= 15 is 0 Å². The van der Waals surface area contributed by atoms with Gasteiger partial charge in [-0.3, -0.25) is 14.9 Å². The van der Waals surface area contributed by atoms with Crippen molar-refractivity contribution in [1.82, 2.24) is 0 Å². The van der Waals surface area contributed by atoms with E-state index in [1.54, 1.807) is 42.5 Å². The highest BCUT2D eigenvalue weighted by Crippen LogP contribution is 2.56. The Kier molecular flexibility index (Phi) is 4.93. The second-order valence-electron chi connectivity index (χ2n) is 6.09. The third-order valence-electron chi connectivity index (χ3n) is 4.58. The number of allylic oxidation sites excluding steroid dienone is 1. The smallest absolute Gasteiger partial charge is 0.330 e. The summed E-state index contributed by atoms with van der Waals surface area (Å²) in [5.41, 5.74) is 1.45. The van der Waals surface area contributed by atoms with Crippen molar-refractivity contribution in [1.29, 1.82) is 0 Å². The van der Waals surface area contributed by atoms with Crippen molar-refractivity contribution in [2.45, 2.75) is 5.92 Å². The van der Waals surface area contributed by atoms with Crippen molar-refractivity contribution < 1.29 is 19.2 Å². The minimum absolute atomic E-state index is 0.00184. The highest BCUT2D eigenvalue weighted by molar-refractivity contribution is 6.01. The maximum absolute atomic E-state index is 12.8. The molecule has 26 heavy (non-hydrogen) atoms. The van der Waals surface area contributed by atoms with Crippen LogP contribution in [0.15, 0.2) is 66.7 Å². The number of carbonyl (C=O) groups excluding carboxylic acids is 2. The second kappa shape index (κ2) is 7.31. The number of rotatable bonds is 6. The van der Waals surface area contributed by atoms with Gasteiger partial charge >= 0.3 is 5.97 Å². The Balaban J connectivity index is 1.87. The van der Waals surface area contributed by atoms with Crippen LogP contribution in [0.5, 0.6) is 0 Å². The molecule has 6 nitrogen and oxygen atoms in total. The van der Waals surface area contributed by atoms with E-state index in [-0.39, 0.29) is 29.2 Å². The lowest BCUT2D eigenvalue weighted by Crippen LogP contribution is -2.04. The molecule has 0 saturated heterocycles. The van der Waals surface area contributed by atoms with E-state index in [0.29, 0.717) is 5.56 Å². The number of Topliss-reactive ketones (excluding diaryl/α,β-unsaturated/α-hetero) is 1. The molecule has 132 valence electrons. The van der Waals surface area contributed by atoms with Gasteiger partial charge in [0.15, 0.2) is 5.78 Å². The Bertz CT molecular complexity index is 858. The fraction of sp³-hybridized carbons (Fsp3) is 0.200. The average molecular weight is 351 g/mol. The molecule has 3 rings (SSSR count). The highest BCUT2D eigenvalue weighted by atomic mass is 16.6. The number of carbonyl (C=O) groups is 2. The van der Waals surface area contributed by atoms with Gasteiger partial charge in [0.1, 0.15) is 0 Å². The van der Waals surface area contributed by atoms with E-state index in [1.807, 2.05) is 6.07 Å². The summed E-state index contributed by atoms with van der Waals surface area (Å²) in [6.45, 7) is 0. The molecule has 0 radical (unpaired) electrons. The molecule has 3 atom stereocenters. The highest BCUT2D eigenvalue weighted by Gasteiger charge is 2.53. The standard InChI is InChI=1S/C20H17NO5/c1-26-17(22)12-11-16-18(13-7-9-15(10-8-13)21(24)25)19(16)20(23)14-5-3-2-4-6-14/h2-12,16,18-19H,1H3/b12-11+/t16?,18-,19-/m0/s1. The van der Waals surface area contributed by atoms with Crippen LogP contribution in [-0.2, 0) is 9.53 Å². The molecule has 2 aromatic rings. The average Bonchev–Trinajstić information content (AvgIpc) is 3.40. The Morgan fingerprint density at radius 2 is 1.73 bits per heavy atom. The Morgan fingerprint density at radius 1 is 1.08 bits per heavy atom. The van der Waals surface area contributed by atoms with E-state index in [4.69, 9.17) is 0 Å². The molecule has 1 aliphatic carbocycles. The van der Waals surface area contributed by atoms with Crippen LogP contribution < -0.4 is 0 Å². The summed E-state index contributed by atoms with van der Waals surface area (Å²) < 4.78 is 4.61. The summed E-state index contributed by atoms with van der Waals surface area (Å²) in [4.78, 5) is 34.6. The quantitative estimate of drug-likeness (QED) is 0.261. The summed E-state index contributed by atoms with van der Waals surface area (Å²) in [7, 11) is 1.29. The number of esters is 1. The van der Waals surface area contributed by atoms with E-state index in [2.05, 4.69) is 4.74 Å². The van der Waals surface area contributed by atoms with Gasteiger partial charge in [-0.15, -0.1) is 0 Å².